The summed E-state index contributed by atoms with van der Waals surface area (Å²) in [7, 11) is 0. The first-order valence-electron chi connectivity index (χ1n) is 7.13. The second-order valence-corrected chi connectivity index (χ2v) is 5.53. The smallest absolute Gasteiger partial charge is 0.127 e. The van der Waals surface area contributed by atoms with Crippen LogP contribution in [0.4, 0.5) is 0 Å². The van der Waals surface area contributed by atoms with Crippen molar-refractivity contribution in [2.75, 3.05) is 13.2 Å². The van der Waals surface area contributed by atoms with E-state index in [1.807, 2.05) is 0 Å². The van der Waals surface area contributed by atoms with Crippen molar-refractivity contribution in [3.63, 3.8) is 0 Å². The van der Waals surface area contributed by atoms with Gasteiger partial charge in [0.15, 0.2) is 0 Å². The van der Waals surface area contributed by atoms with Crippen molar-refractivity contribution >= 4 is 0 Å². The van der Waals surface area contributed by atoms with E-state index in [-0.39, 0.29) is 12.1 Å². The number of hydrogen-bond acceptors (Lipinski definition) is 4. The molecule has 19 heavy (non-hydrogen) atoms. The van der Waals surface area contributed by atoms with E-state index in [0.717, 1.165) is 43.8 Å². The van der Waals surface area contributed by atoms with E-state index in [4.69, 9.17) is 15.3 Å². The fourth-order valence-electron chi connectivity index (χ4n) is 3.16. The van der Waals surface area contributed by atoms with Gasteiger partial charge in [-0.25, -0.2) is 0 Å². The van der Waals surface area contributed by atoms with Gasteiger partial charge in [-0.3, -0.25) is 11.3 Å². The lowest BCUT2D eigenvalue weighted by Gasteiger charge is -2.29. The average molecular weight is 262 g/mol. The number of fused-ring (bicyclic) bond motifs is 1. The van der Waals surface area contributed by atoms with Gasteiger partial charge in [-0.2, -0.15) is 0 Å². The Morgan fingerprint density at radius 1 is 1.37 bits per heavy atom. The Balaban J connectivity index is 1.95. The van der Waals surface area contributed by atoms with Crippen LogP contribution in [0.2, 0.25) is 0 Å². The fraction of sp³-hybridized carbons (Fsp3) is 0.600. The third-order valence-corrected chi connectivity index (χ3v) is 4.25. The van der Waals surface area contributed by atoms with Crippen molar-refractivity contribution in [2.24, 2.45) is 11.8 Å². The van der Waals surface area contributed by atoms with Gasteiger partial charge in [0.05, 0.1) is 18.8 Å². The molecule has 1 fully saturated rings. The fourth-order valence-corrected chi connectivity index (χ4v) is 3.16. The molecule has 4 nitrogen and oxygen atoms in total. The van der Waals surface area contributed by atoms with Gasteiger partial charge in [0.25, 0.3) is 0 Å². The molecule has 1 saturated heterocycles. The minimum Gasteiger partial charge on any atom is -0.493 e. The third kappa shape index (κ3) is 2.36. The van der Waals surface area contributed by atoms with E-state index in [1.54, 1.807) is 0 Å². The Labute approximate surface area is 114 Å². The first-order valence-corrected chi connectivity index (χ1v) is 7.13. The van der Waals surface area contributed by atoms with Crippen molar-refractivity contribution in [2.45, 2.75) is 38.3 Å². The van der Waals surface area contributed by atoms with Crippen molar-refractivity contribution in [3.05, 3.63) is 29.3 Å². The van der Waals surface area contributed by atoms with Gasteiger partial charge in [-0.05, 0) is 30.7 Å². The second kappa shape index (κ2) is 5.49. The van der Waals surface area contributed by atoms with Crippen molar-refractivity contribution < 1.29 is 9.47 Å². The van der Waals surface area contributed by atoms with Gasteiger partial charge in [-0.1, -0.05) is 25.1 Å². The molecule has 0 amide bonds. The molecule has 0 saturated carbocycles. The summed E-state index contributed by atoms with van der Waals surface area (Å²) in [4.78, 5) is 0. The number of hydrogen-bond donors (Lipinski definition) is 2. The topological polar surface area (TPSA) is 56.5 Å². The summed E-state index contributed by atoms with van der Waals surface area (Å²) in [5.74, 6) is 7.32. The number of ether oxygens (including phenoxy) is 2. The predicted molar refractivity (Wildman–Crippen MR) is 73.8 cm³/mol. The number of rotatable bonds is 3. The summed E-state index contributed by atoms with van der Waals surface area (Å²) in [5, 5.41) is 0. The van der Waals surface area contributed by atoms with Crippen LogP contribution in [-0.2, 0) is 11.2 Å². The lowest BCUT2D eigenvalue weighted by molar-refractivity contribution is 0.0595. The third-order valence-electron chi connectivity index (χ3n) is 4.25. The number of aryl methyl sites for hydroxylation is 1. The van der Waals surface area contributed by atoms with Crippen LogP contribution in [0.3, 0.4) is 0 Å². The molecule has 1 aromatic rings. The average Bonchev–Trinajstić information content (AvgIpc) is 2.86. The van der Waals surface area contributed by atoms with Gasteiger partial charge in [-0.15, -0.1) is 0 Å². The Morgan fingerprint density at radius 3 is 3.00 bits per heavy atom. The van der Waals surface area contributed by atoms with E-state index in [2.05, 4.69) is 30.5 Å². The van der Waals surface area contributed by atoms with Crippen molar-refractivity contribution in [3.8, 4) is 5.75 Å². The number of para-hydroxylation sites is 1. The van der Waals surface area contributed by atoms with E-state index >= 15 is 0 Å². The zero-order chi connectivity index (χ0) is 13.2. The molecule has 3 unspecified atom stereocenters. The number of benzene rings is 1. The molecule has 0 spiro atoms. The summed E-state index contributed by atoms with van der Waals surface area (Å²) in [5.41, 5.74) is 5.36. The highest BCUT2D eigenvalue weighted by atomic mass is 16.5. The molecule has 2 heterocycles. The number of hydrazine groups is 1. The van der Waals surface area contributed by atoms with Crippen LogP contribution >= 0.6 is 0 Å². The van der Waals surface area contributed by atoms with Gasteiger partial charge < -0.3 is 9.47 Å². The normalized spacial score (nSPS) is 27.7. The largest absolute Gasteiger partial charge is 0.493 e. The van der Waals surface area contributed by atoms with Crippen LogP contribution in [0.1, 0.15) is 36.9 Å². The molecule has 0 aromatic heterocycles. The van der Waals surface area contributed by atoms with Gasteiger partial charge in [0.2, 0.25) is 0 Å². The van der Waals surface area contributed by atoms with E-state index in [1.165, 1.54) is 5.56 Å². The highest BCUT2D eigenvalue weighted by Crippen LogP contribution is 2.38. The standard InChI is InChI=1S/C15H22N2O2/c1-10-7-9-19-14(10)13(17-16)12-6-2-4-11-5-3-8-18-15(11)12/h2,4,6,10,13-14,17H,3,5,7-9,16H2,1H3. The lowest BCUT2D eigenvalue weighted by Crippen LogP contribution is -2.39. The Kier molecular flexibility index (Phi) is 3.73. The SMILES string of the molecule is CC1CCOC1C(NN)c1cccc2c1OCCC2. The molecule has 3 rings (SSSR count). The second-order valence-electron chi connectivity index (χ2n) is 5.53. The lowest BCUT2D eigenvalue weighted by atomic mass is 9.90. The Morgan fingerprint density at radius 2 is 2.26 bits per heavy atom. The van der Waals surface area contributed by atoms with Crippen LogP contribution in [0, 0.1) is 5.92 Å². The van der Waals surface area contributed by atoms with Crippen LogP contribution < -0.4 is 16.0 Å². The number of nitrogens with one attached hydrogen (secondary N) is 1. The van der Waals surface area contributed by atoms with E-state index < -0.39 is 0 Å². The minimum atomic E-state index is 0.00514. The molecule has 2 aliphatic rings. The molecule has 0 radical (unpaired) electrons. The summed E-state index contributed by atoms with van der Waals surface area (Å²) >= 11 is 0. The first kappa shape index (κ1) is 12.9. The van der Waals surface area contributed by atoms with Gasteiger partial charge >= 0.3 is 0 Å². The molecule has 0 aliphatic carbocycles. The quantitative estimate of drug-likeness (QED) is 0.645. The predicted octanol–water partition coefficient (Wildman–Crippen LogP) is 1.94. The maximum Gasteiger partial charge on any atom is 0.127 e. The molecule has 104 valence electrons. The van der Waals surface area contributed by atoms with Crippen LogP contribution in [-0.4, -0.2) is 19.3 Å². The molecule has 0 bridgehead atoms. The van der Waals surface area contributed by atoms with Crippen LogP contribution in [0.5, 0.6) is 5.75 Å². The molecular formula is C15H22N2O2. The summed E-state index contributed by atoms with van der Waals surface area (Å²) in [6.45, 7) is 3.83. The van der Waals surface area contributed by atoms with E-state index in [0.29, 0.717) is 5.92 Å². The molecule has 3 atom stereocenters. The van der Waals surface area contributed by atoms with Crippen molar-refractivity contribution in [1.29, 1.82) is 0 Å². The summed E-state index contributed by atoms with van der Waals surface area (Å²) in [6, 6.07) is 6.34. The molecular weight excluding hydrogens is 240 g/mol. The van der Waals surface area contributed by atoms with Crippen molar-refractivity contribution in [1.82, 2.24) is 5.43 Å². The monoisotopic (exact) mass is 262 g/mol. The molecule has 1 aromatic carbocycles. The highest BCUT2D eigenvalue weighted by molar-refractivity contribution is 5.45. The Bertz CT molecular complexity index is 450. The van der Waals surface area contributed by atoms with Crippen LogP contribution in [0.15, 0.2) is 18.2 Å². The maximum absolute atomic E-state index is 5.88. The molecule has 3 N–H and O–H groups in total. The van der Waals surface area contributed by atoms with Gasteiger partial charge in [0, 0.05) is 12.2 Å². The molecule has 2 aliphatic heterocycles. The minimum absolute atomic E-state index is 0.00514. The Hall–Kier alpha value is -1.10. The van der Waals surface area contributed by atoms with E-state index in [9.17, 15) is 0 Å². The zero-order valence-corrected chi connectivity index (χ0v) is 11.4. The van der Waals surface area contributed by atoms with Gasteiger partial charge in [0.1, 0.15) is 5.75 Å². The maximum atomic E-state index is 5.88. The van der Waals surface area contributed by atoms with Crippen LogP contribution in [0.25, 0.3) is 0 Å². The zero-order valence-electron chi connectivity index (χ0n) is 11.4. The summed E-state index contributed by atoms with van der Waals surface area (Å²) in [6.07, 6.45) is 3.40. The highest BCUT2D eigenvalue weighted by Gasteiger charge is 2.34. The molecule has 4 heteroatoms. The number of nitrogens with two attached hydrogens (primary N) is 1. The first-order chi connectivity index (χ1) is 9.31. The summed E-state index contributed by atoms with van der Waals surface area (Å²) < 4.78 is 11.7.